The summed E-state index contributed by atoms with van der Waals surface area (Å²) in [7, 11) is 0. The van der Waals surface area contributed by atoms with Crippen molar-refractivity contribution >= 4 is 5.91 Å². The molecular weight excluding hydrogens is 318 g/mol. The topological polar surface area (TPSA) is 76.2 Å². The number of benzene rings is 1. The number of ether oxygens (including phenoxy) is 2. The van der Waals surface area contributed by atoms with Crippen molar-refractivity contribution in [2.75, 3.05) is 19.8 Å². The number of rotatable bonds is 9. The monoisotopic (exact) mass is 343 g/mol. The van der Waals surface area contributed by atoms with Gasteiger partial charge in [-0.3, -0.25) is 9.89 Å². The highest BCUT2D eigenvalue weighted by molar-refractivity contribution is 5.94. The Kier molecular flexibility index (Phi) is 6.62. The maximum absolute atomic E-state index is 12.4. The minimum atomic E-state index is -0.143. The largest absolute Gasteiger partial charge is 0.490 e. The average molecular weight is 343 g/mol. The van der Waals surface area contributed by atoms with E-state index in [2.05, 4.69) is 22.1 Å². The van der Waals surface area contributed by atoms with Gasteiger partial charge in [0.05, 0.1) is 12.3 Å². The molecule has 2 aromatic rings. The van der Waals surface area contributed by atoms with E-state index in [-0.39, 0.29) is 5.91 Å². The molecule has 0 spiro atoms. The molecule has 0 aliphatic heterocycles. The van der Waals surface area contributed by atoms with Crippen LogP contribution >= 0.6 is 0 Å². The van der Waals surface area contributed by atoms with Crippen LogP contribution in [0.3, 0.4) is 0 Å². The zero-order valence-electron chi connectivity index (χ0n) is 15.0. The van der Waals surface area contributed by atoms with E-state index in [1.54, 1.807) is 24.3 Å². The maximum Gasteiger partial charge on any atom is 0.251 e. The Labute approximate surface area is 148 Å². The summed E-state index contributed by atoms with van der Waals surface area (Å²) in [5.41, 5.74) is 3.68. The quantitative estimate of drug-likeness (QED) is 0.686. The Morgan fingerprint density at radius 2 is 2.12 bits per heavy atom. The predicted octanol–water partition coefficient (Wildman–Crippen LogP) is 2.96. The molecule has 6 heteroatoms. The van der Waals surface area contributed by atoms with Gasteiger partial charge in [-0.05, 0) is 51.0 Å². The normalized spacial score (nSPS) is 10.4. The highest BCUT2D eigenvalue weighted by Gasteiger charge is 2.12. The van der Waals surface area contributed by atoms with E-state index in [1.807, 2.05) is 20.8 Å². The first-order valence-corrected chi connectivity index (χ1v) is 8.36. The molecule has 0 radical (unpaired) electrons. The summed E-state index contributed by atoms with van der Waals surface area (Å²) in [5.74, 6) is 1.01. The lowest BCUT2D eigenvalue weighted by Gasteiger charge is -2.12. The molecule has 0 atom stereocenters. The van der Waals surface area contributed by atoms with Crippen molar-refractivity contribution in [2.24, 2.45) is 0 Å². The van der Waals surface area contributed by atoms with Gasteiger partial charge in [-0.25, -0.2) is 0 Å². The molecule has 1 aromatic carbocycles. The van der Waals surface area contributed by atoms with Crippen LogP contribution in [-0.2, 0) is 6.42 Å². The number of carbonyl (C=O) groups excluding carboxylic acids is 1. The summed E-state index contributed by atoms with van der Waals surface area (Å²) in [5, 5.41) is 10.0. The van der Waals surface area contributed by atoms with E-state index in [9.17, 15) is 4.79 Å². The molecule has 0 fully saturated rings. The van der Waals surface area contributed by atoms with Crippen LogP contribution < -0.4 is 14.8 Å². The lowest BCUT2D eigenvalue weighted by atomic mass is 10.1. The molecule has 0 unspecified atom stereocenters. The van der Waals surface area contributed by atoms with Crippen molar-refractivity contribution < 1.29 is 14.3 Å². The number of H-pyrrole nitrogens is 1. The Bertz CT molecular complexity index is 718. The van der Waals surface area contributed by atoms with E-state index in [4.69, 9.17) is 9.47 Å². The third-order valence-electron chi connectivity index (χ3n) is 3.80. The fourth-order valence-corrected chi connectivity index (χ4v) is 2.53. The Morgan fingerprint density at radius 1 is 1.32 bits per heavy atom. The van der Waals surface area contributed by atoms with Gasteiger partial charge in [0.15, 0.2) is 11.5 Å². The van der Waals surface area contributed by atoms with Crippen molar-refractivity contribution in [3.63, 3.8) is 0 Å². The molecule has 1 heterocycles. The first kappa shape index (κ1) is 18.6. The highest BCUT2D eigenvalue weighted by atomic mass is 16.5. The summed E-state index contributed by atoms with van der Waals surface area (Å²) in [6.45, 7) is 10.9. The van der Waals surface area contributed by atoms with Crippen molar-refractivity contribution in [1.82, 2.24) is 15.5 Å². The second kappa shape index (κ2) is 8.92. The molecule has 25 heavy (non-hydrogen) atoms. The van der Waals surface area contributed by atoms with Gasteiger partial charge in [0.2, 0.25) is 0 Å². The third-order valence-corrected chi connectivity index (χ3v) is 3.80. The minimum Gasteiger partial charge on any atom is -0.490 e. The number of nitrogens with zero attached hydrogens (tertiary/aromatic N) is 1. The van der Waals surface area contributed by atoms with E-state index in [1.165, 1.54) is 0 Å². The fraction of sp³-hybridized carbons (Fsp3) is 0.368. The Balaban J connectivity index is 2.00. The Hall–Kier alpha value is -2.76. The molecule has 2 rings (SSSR count). The molecule has 2 N–H and O–H groups in total. The van der Waals surface area contributed by atoms with Crippen LogP contribution in [0.1, 0.15) is 34.2 Å². The van der Waals surface area contributed by atoms with Gasteiger partial charge in [-0.15, -0.1) is 0 Å². The van der Waals surface area contributed by atoms with Gasteiger partial charge in [-0.1, -0.05) is 12.7 Å². The molecule has 0 bridgehead atoms. The van der Waals surface area contributed by atoms with Crippen LogP contribution in [-0.4, -0.2) is 35.9 Å². The van der Waals surface area contributed by atoms with Crippen molar-refractivity contribution in [1.29, 1.82) is 0 Å². The summed E-state index contributed by atoms with van der Waals surface area (Å²) in [6, 6.07) is 5.17. The van der Waals surface area contributed by atoms with Gasteiger partial charge in [0.25, 0.3) is 5.91 Å². The third kappa shape index (κ3) is 4.86. The number of hydrogen-bond acceptors (Lipinski definition) is 4. The molecule has 0 saturated heterocycles. The first-order valence-electron chi connectivity index (χ1n) is 8.36. The van der Waals surface area contributed by atoms with Crippen LogP contribution in [0.5, 0.6) is 11.5 Å². The number of aromatic amines is 1. The average Bonchev–Trinajstić information content (AvgIpc) is 2.92. The maximum atomic E-state index is 12.4. The standard InChI is InChI=1S/C19H25N3O3/c1-5-11-25-17-8-7-15(12-18(17)24-6-2)19(23)20-10-9-16-13(3)21-22-14(16)4/h5,7-8,12H,1,6,9-11H2,2-4H3,(H,20,23)(H,21,22). The zero-order chi connectivity index (χ0) is 18.2. The summed E-state index contributed by atoms with van der Waals surface area (Å²) in [6.07, 6.45) is 2.40. The molecule has 1 aromatic heterocycles. The highest BCUT2D eigenvalue weighted by Crippen LogP contribution is 2.28. The van der Waals surface area contributed by atoms with Gasteiger partial charge in [0.1, 0.15) is 6.61 Å². The minimum absolute atomic E-state index is 0.143. The smallest absolute Gasteiger partial charge is 0.251 e. The molecule has 0 aliphatic rings. The molecule has 134 valence electrons. The molecule has 0 saturated carbocycles. The Morgan fingerprint density at radius 3 is 2.76 bits per heavy atom. The number of carbonyl (C=O) groups is 1. The number of aryl methyl sites for hydroxylation is 2. The molecule has 0 aliphatic carbocycles. The van der Waals surface area contributed by atoms with Crippen LogP contribution in [0, 0.1) is 13.8 Å². The summed E-state index contributed by atoms with van der Waals surface area (Å²) < 4.78 is 11.1. The summed E-state index contributed by atoms with van der Waals surface area (Å²) in [4.78, 5) is 12.4. The second-order valence-corrected chi connectivity index (χ2v) is 5.61. The predicted molar refractivity (Wildman–Crippen MR) is 97.4 cm³/mol. The van der Waals surface area contributed by atoms with Crippen LogP contribution in [0.2, 0.25) is 0 Å². The van der Waals surface area contributed by atoms with Gasteiger partial charge < -0.3 is 14.8 Å². The second-order valence-electron chi connectivity index (χ2n) is 5.61. The van der Waals surface area contributed by atoms with E-state index < -0.39 is 0 Å². The van der Waals surface area contributed by atoms with E-state index in [0.717, 1.165) is 23.4 Å². The van der Waals surface area contributed by atoms with E-state index >= 15 is 0 Å². The molecule has 6 nitrogen and oxygen atoms in total. The lowest BCUT2D eigenvalue weighted by molar-refractivity contribution is 0.0953. The molecule has 1 amide bonds. The lowest BCUT2D eigenvalue weighted by Crippen LogP contribution is -2.26. The number of nitrogens with one attached hydrogen (secondary N) is 2. The van der Waals surface area contributed by atoms with Crippen molar-refractivity contribution in [3.8, 4) is 11.5 Å². The van der Waals surface area contributed by atoms with Gasteiger partial charge >= 0.3 is 0 Å². The van der Waals surface area contributed by atoms with Crippen molar-refractivity contribution in [2.45, 2.75) is 27.2 Å². The van der Waals surface area contributed by atoms with Gasteiger partial charge in [0, 0.05) is 17.8 Å². The number of aromatic nitrogens is 2. The van der Waals surface area contributed by atoms with Gasteiger partial charge in [-0.2, -0.15) is 5.10 Å². The summed E-state index contributed by atoms with van der Waals surface area (Å²) >= 11 is 0. The van der Waals surface area contributed by atoms with Crippen LogP contribution in [0.15, 0.2) is 30.9 Å². The fourth-order valence-electron chi connectivity index (χ4n) is 2.53. The van der Waals surface area contributed by atoms with Crippen LogP contribution in [0.25, 0.3) is 0 Å². The van der Waals surface area contributed by atoms with Crippen LogP contribution in [0.4, 0.5) is 0 Å². The number of hydrogen-bond donors (Lipinski definition) is 2. The van der Waals surface area contributed by atoms with E-state index in [0.29, 0.717) is 36.8 Å². The first-order chi connectivity index (χ1) is 12.1. The number of amides is 1. The molecular formula is C19H25N3O3. The van der Waals surface area contributed by atoms with Crippen molar-refractivity contribution in [3.05, 3.63) is 53.4 Å². The SMILES string of the molecule is C=CCOc1ccc(C(=O)NCCc2c(C)n[nH]c2C)cc1OCC. The zero-order valence-corrected chi connectivity index (χ0v) is 15.0.